The maximum Gasteiger partial charge on any atom is 0.222 e. The number of aryl methyl sites for hydroxylation is 2. The smallest absolute Gasteiger partial charge is 0.222 e. The van der Waals surface area contributed by atoms with Crippen LogP contribution in [0.3, 0.4) is 0 Å². The molecule has 0 saturated carbocycles. The summed E-state index contributed by atoms with van der Waals surface area (Å²) in [4.78, 5) is 10.3. The fourth-order valence-corrected chi connectivity index (χ4v) is 2.75. The Kier molecular flexibility index (Phi) is 3.50. The lowest BCUT2D eigenvalue weighted by atomic mass is 10.0. The molecule has 3 N–H and O–H groups in total. The molecule has 0 amide bonds. The fourth-order valence-electron chi connectivity index (χ4n) is 2.75. The third-order valence-corrected chi connectivity index (χ3v) is 3.73. The second kappa shape index (κ2) is 5.33. The molecule has 0 unspecified atom stereocenters. The molecule has 2 aromatic heterocycles. The number of hydrogen-bond acceptors (Lipinski definition) is 7. The average Bonchev–Trinajstić information content (AvgIpc) is 2.96. The van der Waals surface area contributed by atoms with Gasteiger partial charge in [-0.05, 0) is 13.8 Å². The highest BCUT2D eigenvalue weighted by Gasteiger charge is 2.33. The number of aliphatic hydroxyl groups excluding tert-OH is 1. The zero-order valence-electron chi connectivity index (χ0n) is 12.2. The largest absolute Gasteiger partial charge is 0.391 e. The summed E-state index contributed by atoms with van der Waals surface area (Å²) in [6.07, 6.45) is 0.241. The molecule has 0 radical (unpaired) electrons. The normalized spacial score (nSPS) is 22.0. The van der Waals surface area contributed by atoms with Gasteiger partial charge in [-0.25, -0.2) is 4.98 Å². The van der Waals surface area contributed by atoms with Crippen LogP contribution in [0.5, 0.6) is 0 Å². The van der Waals surface area contributed by atoms with Crippen LogP contribution in [0.1, 0.15) is 17.1 Å². The third kappa shape index (κ3) is 2.97. The molecule has 1 saturated heterocycles. The summed E-state index contributed by atoms with van der Waals surface area (Å²) in [5, 5.41) is 14.1. The summed E-state index contributed by atoms with van der Waals surface area (Å²) in [5.74, 6) is 1.91. The molecular formula is C14H19N5O2. The molecule has 1 fully saturated rings. The van der Waals surface area contributed by atoms with Crippen molar-refractivity contribution in [2.75, 3.05) is 23.7 Å². The lowest BCUT2D eigenvalue weighted by Gasteiger charge is -2.17. The second-order valence-corrected chi connectivity index (χ2v) is 5.60. The van der Waals surface area contributed by atoms with Crippen LogP contribution in [-0.4, -0.2) is 39.4 Å². The molecule has 1 aliphatic heterocycles. The molecule has 3 heterocycles. The van der Waals surface area contributed by atoms with Crippen molar-refractivity contribution in [2.24, 2.45) is 5.92 Å². The van der Waals surface area contributed by atoms with Crippen molar-refractivity contribution in [3.8, 4) is 0 Å². The molecule has 21 heavy (non-hydrogen) atoms. The van der Waals surface area contributed by atoms with Gasteiger partial charge >= 0.3 is 0 Å². The SMILES string of the molecule is Cc1cc(C[C@@H]2CN(c3cc(C)nc(N)n3)C[C@H]2O)on1. The van der Waals surface area contributed by atoms with E-state index < -0.39 is 6.10 Å². The minimum atomic E-state index is -0.424. The van der Waals surface area contributed by atoms with E-state index in [1.165, 1.54) is 0 Å². The second-order valence-electron chi connectivity index (χ2n) is 5.60. The van der Waals surface area contributed by atoms with Gasteiger partial charge in [0.15, 0.2) is 0 Å². The Labute approximate surface area is 122 Å². The highest BCUT2D eigenvalue weighted by Crippen LogP contribution is 2.26. The molecule has 0 spiro atoms. The first-order valence-electron chi connectivity index (χ1n) is 6.97. The standard InChI is InChI=1S/C14H19N5O2/c1-8-4-13(17-14(15)16-8)19-6-10(12(20)7-19)5-11-3-9(2)18-21-11/h3-4,10,12,20H,5-7H2,1-2H3,(H2,15,16,17)/t10-,12-/m1/s1. The zero-order valence-corrected chi connectivity index (χ0v) is 12.2. The number of nitrogens with two attached hydrogens (primary N) is 1. The minimum Gasteiger partial charge on any atom is -0.391 e. The zero-order chi connectivity index (χ0) is 15.0. The maximum absolute atomic E-state index is 10.2. The van der Waals surface area contributed by atoms with Gasteiger partial charge in [0.1, 0.15) is 11.6 Å². The molecule has 0 aromatic carbocycles. The molecule has 0 bridgehead atoms. The van der Waals surface area contributed by atoms with Crippen molar-refractivity contribution in [3.63, 3.8) is 0 Å². The predicted molar refractivity (Wildman–Crippen MR) is 77.8 cm³/mol. The maximum atomic E-state index is 10.2. The van der Waals surface area contributed by atoms with Crippen LogP contribution in [0.2, 0.25) is 0 Å². The number of nitrogen functional groups attached to an aromatic ring is 1. The van der Waals surface area contributed by atoms with Gasteiger partial charge in [-0.1, -0.05) is 5.16 Å². The van der Waals surface area contributed by atoms with Crippen LogP contribution in [0, 0.1) is 19.8 Å². The molecule has 7 nitrogen and oxygen atoms in total. The van der Waals surface area contributed by atoms with E-state index in [0.29, 0.717) is 19.5 Å². The first kappa shape index (κ1) is 13.8. The van der Waals surface area contributed by atoms with Crippen LogP contribution >= 0.6 is 0 Å². The molecule has 2 aromatic rings. The Morgan fingerprint density at radius 2 is 2.10 bits per heavy atom. The van der Waals surface area contributed by atoms with Gasteiger partial charge in [-0.15, -0.1) is 0 Å². The molecule has 112 valence electrons. The number of aliphatic hydroxyl groups is 1. The fraction of sp³-hybridized carbons (Fsp3) is 0.500. The minimum absolute atomic E-state index is 0.0915. The van der Waals surface area contributed by atoms with Gasteiger partial charge in [0, 0.05) is 43.3 Å². The average molecular weight is 289 g/mol. The van der Waals surface area contributed by atoms with Crippen molar-refractivity contribution >= 4 is 11.8 Å². The third-order valence-electron chi connectivity index (χ3n) is 3.73. The van der Waals surface area contributed by atoms with E-state index >= 15 is 0 Å². The molecule has 2 atom stereocenters. The van der Waals surface area contributed by atoms with Crippen LogP contribution in [0.25, 0.3) is 0 Å². The Morgan fingerprint density at radius 1 is 1.29 bits per heavy atom. The summed E-state index contributed by atoms with van der Waals surface area (Å²) >= 11 is 0. The molecular weight excluding hydrogens is 270 g/mol. The molecule has 1 aliphatic rings. The summed E-state index contributed by atoms with van der Waals surface area (Å²) < 4.78 is 5.23. The Bertz CT molecular complexity index is 622. The number of rotatable bonds is 3. The number of β-amino-alcohol motifs (C(OH)–C–C–N with tert-alkyl or cyclic N) is 1. The van der Waals surface area contributed by atoms with Crippen molar-refractivity contribution in [2.45, 2.75) is 26.4 Å². The van der Waals surface area contributed by atoms with E-state index in [0.717, 1.165) is 23.0 Å². The summed E-state index contributed by atoms with van der Waals surface area (Å²) in [6.45, 7) is 5.00. The van der Waals surface area contributed by atoms with Crippen LogP contribution in [0.4, 0.5) is 11.8 Å². The number of nitrogens with zero attached hydrogens (tertiary/aromatic N) is 4. The Hall–Kier alpha value is -2.15. The van der Waals surface area contributed by atoms with Crippen LogP contribution < -0.4 is 10.6 Å². The Morgan fingerprint density at radius 3 is 2.76 bits per heavy atom. The van der Waals surface area contributed by atoms with Crippen molar-refractivity contribution < 1.29 is 9.63 Å². The highest BCUT2D eigenvalue weighted by molar-refractivity contribution is 5.44. The number of hydrogen-bond donors (Lipinski definition) is 2. The van der Waals surface area contributed by atoms with E-state index in [1.54, 1.807) is 0 Å². The van der Waals surface area contributed by atoms with E-state index in [4.69, 9.17) is 10.3 Å². The van der Waals surface area contributed by atoms with Gasteiger partial charge in [0.2, 0.25) is 5.95 Å². The summed E-state index contributed by atoms with van der Waals surface area (Å²) in [5.41, 5.74) is 7.36. The monoisotopic (exact) mass is 289 g/mol. The van der Waals surface area contributed by atoms with Crippen LogP contribution in [0.15, 0.2) is 16.7 Å². The van der Waals surface area contributed by atoms with Crippen molar-refractivity contribution in [3.05, 3.63) is 29.3 Å². The van der Waals surface area contributed by atoms with E-state index in [-0.39, 0.29) is 11.9 Å². The topological polar surface area (TPSA) is 101 Å². The van der Waals surface area contributed by atoms with Gasteiger partial charge in [0.05, 0.1) is 11.8 Å². The van der Waals surface area contributed by atoms with Gasteiger partial charge < -0.3 is 20.3 Å². The van der Waals surface area contributed by atoms with E-state index in [2.05, 4.69) is 15.1 Å². The quantitative estimate of drug-likeness (QED) is 0.857. The predicted octanol–water partition coefficient (Wildman–Crippen LogP) is 0.703. The Balaban J connectivity index is 1.73. The number of anilines is 2. The van der Waals surface area contributed by atoms with Crippen molar-refractivity contribution in [1.82, 2.24) is 15.1 Å². The first-order valence-corrected chi connectivity index (χ1v) is 6.97. The highest BCUT2D eigenvalue weighted by atomic mass is 16.5. The first-order chi connectivity index (χ1) is 10.0. The molecule has 7 heteroatoms. The lowest BCUT2D eigenvalue weighted by molar-refractivity contribution is 0.143. The summed E-state index contributed by atoms with van der Waals surface area (Å²) in [6, 6.07) is 3.78. The number of aromatic nitrogens is 3. The molecule has 0 aliphatic carbocycles. The van der Waals surface area contributed by atoms with Crippen LogP contribution in [-0.2, 0) is 6.42 Å². The van der Waals surface area contributed by atoms with Gasteiger partial charge in [0.25, 0.3) is 0 Å². The van der Waals surface area contributed by atoms with E-state index in [9.17, 15) is 5.11 Å². The van der Waals surface area contributed by atoms with Gasteiger partial charge in [-0.3, -0.25) is 0 Å². The lowest BCUT2D eigenvalue weighted by Crippen LogP contribution is -2.22. The van der Waals surface area contributed by atoms with E-state index in [1.807, 2.05) is 30.9 Å². The van der Waals surface area contributed by atoms with Gasteiger partial charge in [-0.2, -0.15) is 4.98 Å². The molecule has 3 rings (SSSR count). The summed E-state index contributed by atoms with van der Waals surface area (Å²) in [7, 11) is 0. The van der Waals surface area contributed by atoms with Crippen molar-refractivity contribution in [1.29, 1.82) is 0 Å².